The van der Waals surface area contributed by atoms with Gasteiger partial charge in [-0.15, -0.1) is 12.1 Å². The zero-order valence-electron chi connectivity index (χ0n) is 6.58. The molecule has 1 aromatic carbocycles. The van der Waals surface area contributed by atoms with E-state index in [1.807, 2.05) is 30.3 Å². The molecule has 0 heterocycles. The van der Waals surface area contributed by atoms with Crippen LogP contribution in [0, 0.1) is 6.07 Å². The maximum Gasteiger partial charge on any atom is 2.00 e. The van der Waals surface area contributed by atoms with E-state index in [2.05, 4.69) is 12.6 Å². The summed E-state index contributed by atoms with van der Waals surface area (Å²) in [5.41, 5.74) is 1.14. The molecule has 0 aliphatic carbocycles. The molecule has 1 N–H and O–H groups in total. The van der Waals surface area contributed by atoms with Crippen LogP contribution in [0.4, 0.5) is 0 Å². The Kier molecular flexibility index (Phi) is 11.1. The molecule has 0 bridgehead atoms. The van der Waals surface area contributed by atoms with Crippen LogP contribution in [-0.2, 0) is 27.9 Å². The predicted molar refractivity (Wildman–Crippen MR) is 46.9 cm³/mol. The summed E-state index contributed by atoms with van der Waals surface area (Å²) in [6.07, 6.45) is 1.81. The van der Waals surface area contributed by atoms with Gasteiger partial charge >= 0.3 is 16.5 Å². The first-order valence-corrected chi connectivity index (χ1v) is 4.07. The predicted octanol–water partition coefficient (Wildman–Crippen LogP) is 1.47. The van der Waals surface area contributed by atoms with Crippen molar-refractivity contribution in [1.82, 2.24) is 0 Å². The standard InChI is InChI=1S/C8H7.Ni.H2O3S/c1-2-8-6-4-3-5-7-8;;1-4(2)3/h2,4-7H,1H2;;(H2,1,2,3)/q-1;+2;/p-1. The van der Waals surface area contributed by atoms with Gasteiger partial charge in [0.1, 0.15) is 0 Å². The molecule has 1 rings (SSSR count). The molecule has 3 nitrogen and oxygen atoms in total. The first-order valence-electron chi connectivity index (χ1n) is 3.03. The summed E-state index contributed by atoms with van der Waals surface area (Å²) in [4.78, 5) is 0. The molecular formula is C8H8NiO3S. The fourth-order valence-electron chi connectivity index (χ4n) is 0.536. The monoisotopic (exact) mass is 242 g/mol. The molecular weight excluding hydrogens is 235 g/mol. The van der Waals surface area contributed by atoms with Gasteiger partial charge in [0.2, 0.25) is 0 Å². The van der Waals surface area contributed by atoms with Crippen molar-refractivity contribution in [3.63, 3.8) is 0 Å². The third-order valence-electron chi connectivity index (χ3n) is 0.980. The Balaban J connectivity index is 0. The molecule has 1 atom stereocenters. The van der Waals surface area contributed by atoms with Gasteiger partial charge in [0, 0.05) is 0 Å². The molecule has 0 aromatic heterocycles. The molecule has 1 aromatic rings. The summed E-state index contributed by atoms with van der Waals surface area (Å²) >= 11 is -2.86. The fourth-order valence-corrected chi connectivity index (χ4v) is 0.536. The minimum absolute atomic E-state index is 0. The van der Waals surface area contributed by atoms with Gasteiger partial charge in [-0.05, 0) is 0 Å². The molecule has 0 saturated heterocycles. The molecule has 0 aliphatic heterocycles. The molecule has 0 spiro atoms. The second-order valence-corrected chi connectivity index (χ2v) is 2.19. The van der Waals surface area contributed by atoms with Crippen LogP contribution < -0.4 is 0 Å². The molecule has 0 aliphatic rings. The maximum absolute atomic E-state index is 8.56. The van der Waals surface area contributed by atoms with Crippen molar-refractivity contribution in [2.24, 2.45) is 0 Å². The van der Waals surface area contributed by atoms with E-state index in [-0.39, 0.29) is 16.5 Å². The normalized spacial score (nSPS) is 10.0. The van der Waals surface area contributed by atoms with Crippen molar-refractivity contribution >= 4 is 17.4 Å². The van der Waals surface area contributed by atoms with Gasteiger partial charge in [0.15, 0.2) is 0 Å². The van der Waals surface area contributed by atoms with Crippen molar-refractivity contribution in [2.45, 2.75) is 0 Å². The summed E-state index contributed by atoms with van der Waals surface area (Å²) < 4.78 is 24.1. The first kappa shape index (κ1) is 15.0. The van der Waals surface area contributed by atoms with E-state index in [0.29, 0.717) is 0 Å². The van der Waals surface area contributed by atoms with Crippen LogP contribution in [-0.4, -0.2) is 13.3 Å². The van der Waals surface area contributed by atoms with Crippen LogP contribution in [0.5, 0.6) is 0 Å². The topological polar surface area (TPSA) is 60.4 Å². The van der Waals surface area contributed by atoms with Gasteiger partial charge in [0.25, 0.3) is 0 Å². The Hall–Kier alpha value is -0.476. The molecule has 0 saturated carbocycles. The Labute approximate surface area is 89.9 Å². The second kappa shape index (κ2) is 9.61. The SMILES string of the molecule is C=Cc1cc[c-]cc1.O=S([O-])O.[Ni+2]. The molecule has 5 heteroatoms. The molecule has 74 valence electrons. The van der Waals surface area contributed by atoms with Crippen LogP contribution >= 0.6 is 0 Å². The van der Waals surface area contributed by atoms with Crippen LogP contribution in [0.3, 0.4) is 0 Å². The number of hydrogen-bond donors (Lipinski definition) is 1. The summed E-state index contributed by atoms with van der Waals surface area (Å²) in [5, 5.41) is 0. The summed E-state index contributed by atoms with van der Waals surface area (Å²) in [6.45, 7) is 3.62. The maximum atomic E-state index is 8.56. The number of rotatable bonds is 1. The summed E-state index contributed by atoms with van der Waals surface area (Å²) in [5.74, 6) is 0. The number of benzene rings is 1. The van der Waals surface area contributed by atoms with Gasteiger partial charge in [0.05, 0.1) is 11.4 Å². The Morgan fingerprint density at radius 1 is 1.54 bits per heavy atom. The fraction of sp³-hybridized carbons (Fsp3) is 0. The van der Waals surface area contributed by atoms with Gasteiger partial charge in [-0.25, -0.2) is 4.21 Å². The molecule has 0 fully saturated rings. The largest absolute Gasteiger partial charge is 2.00 e. The van der Waals surface area contributed by atoms with Crippen molar-refractivity contribution < 1.29 is 29.8 Å². The van der Waals surface area contributed by atoms with E-state index in [1.54, 1.807) is 0 Å². The van der Waals surface area contributed by atoms with Crippen molar-refractivity contribution in [3.8, 4) is 0 Å². The third kappa shape index (κ3) is 11.5. The Bertz CT molecular complexity index is 247. The minimum Gasteiger partial charge on any atom is -0.750 e. The zero-order chi connectivity index (χ0) is 9.40. The third-order valence-corrected chi connectivity index (χ3v) is 0.980. The van der Waals surface area contributed by atoms with Gasteiger partial charge in [-0.3, -0.25) is 0 Å². The number of hydrogen-bond acceptors (Lipinski definition) is 2. The summed E-state index contributed by atoms with van der Waals surface area (Å²) in [6, 6.07) is 10.6. The first-order chi connectivity index (χ1) is 5.66. The zero-order valence-corrected chi connectivity index (χ0v) is 8.39. The molecule has 0 radical (unpaired) electrons. The van der Waals surface area contributed by atoms with E-state index >= 15 is 0 Å². The average molecular weight is 243 g/mol. The van der Waals surface area contributed by atoms with Gasteiger partial charge in [-0.1, -0.05) is 6.08 Å². The second-order valence-electron chi connectivity index (χ2n) is 1.75. The Morgan fingerprint density at radius 2 is 1.92 bits per heavy atom. The molecule has 0 amide bonds. The average Bonchev–Trinajstić information content (AvgIpc) is 2.05. The van der Waals surface area contributed by atoms with Crippen molar-refractivity contribution in [2.75, 3.05) is 0 Å². The van der Waals surface area contributed by atoms with Crippen molar-refractivity contribution in [3.05, 3.63) is 42.5 Å². The van der Waals surface area contributed by atoms with E-state index in [0.717, 1.165) is 5.56 Å². The summed E-state index contributed by atoms with van der Waals surface area (Å²) in [7, 11) is 0. The van der Waals surface area contributed by atoms with Crippen LogP contribution in [0.2, 0.25) is 0 Å². The Morgan fingerprint density at radius 3 is 2.15 bits per heavy atom. The molecule has 1 unspecified atom stereocenters. The minimum atomic E-state index is -2.86. The van der Waals surface area contributed by atoms with E-state index in [1.165, 1.54) is 0 Å². The molecule has 13 heavy (non-hydrogen) atoms. The van der Waals surface area contributed by atoms with Gasteiger partial charge in [-0.2, -0.15) is 30.3 Å². The van der Waals surface area contributed by atoms with Crippen LogP contribution in [0.25, 0.3) is 6.08 Å². The van der Waals surface area contributed by atoms with Gasteiger partial charge < -0.3 is 9.11 Å². The van der Waals surface area contributed by atoms with E-state index in [4.69, 9.17) is 13.3 Å². The van der Waals surface area contributed by atoms with E-state index < -0.39 is 11.4 Å². The smallest absolute Gasteiger partial charge is 0.750 e. The van der Waals surface area contributed by atoms with Crippen LogP contribution in [0.15, 0.2) is 30.8 Å². The van der Waals surface area contributed by atoms with Crippen LogP contribution in [0.1, 0.15) is 5.56 Å². The van der Waals surface area contributed by atoms with E-state index in [9.17, 15) is 0 Å². The van der Waals surface area contributed by atoms with Crippen molar-refractivity contribution in [1.29, 1.82) is 0 Å². The quantitative estimate of drug-likeness (QED) is 0.461.